The number of aryl methyl sites for hydroxylation is 1. The largest absolute Gasteiger partial charge is 0.478 e. The molecule has 4 heteroatoms. The molecule has 0 fully saturated rings. The van der Waals surface area contributed by atoms with Gasteiger partial charge in [0.2, 0.25) is 0 Å². The van der Waals surface area contributed by atoms with Crippen molar-refractivity contribution in [3.05, 3.63) is 29.3 Å². The molecular weight excluding hydrogens is 215 g/mol. The lowest BCUT2D eigenvalue weighted by molar-refractivity contribution is 0.0696. The Labute approximate surface area is 92.5 Å². The van der Waals surface area contributed by atoms with Crippen molar-refractivity contribution in [3.8, 4) is 0 Å². The topological polar surface area (TPSA) is 37.3 Å². The van der Waals surface area contributed by atoms with E-state index in [1.165, 1.54) is 11.8 Å². The first-order valence-electron chi connectivity index (χ1n) is 4.68. The first-order valence-corrected chi connectivity index (χ1v) is 5.66. The molecule has 0 unspecified atom stereocenters. The molecule has 0 radical (unpaired) electrons. The number of alkyl halides is 1. The monoisotopic (exact) mass is 228 g/mol. The van der Waals surface area contributed by atoms with Gasteiger partial charge in [0.15, 0.2) is 0 Å². The maximum Gasteiger partial charge on any atom is 0.335 e. The molecule has 0 aliphatic carbocycles. The smallest absolute Gasteiger partial charge is 0.335 e. The Morgan fingerprint density at radius 3 is 2.87 bits per heavy atom. The molecule has 1 rings (SSSR count). The maximum absolute atomic E-state index is 11.9. The molecule has 2 nitrogen and oxygen atoms in total. The van der Waals surface area contributed by atoms with E-state index in [9.17, 15) is 9.18 Å². The van der Waals surface area contributed by atoms with Crippen LogP contribution in [0.5, 0.6) is 0 Å². The van der Waals surface area contributed by atoms with Crippen molar-refractivity contribution in [3.63, 3.8) is 0 Å². The van der Waals surface area contributed by atoms with Gasteiger partial charge in [0.25, 0.3) is 0 Å². The zero-order chi connectivity index (χ0) is 11.3. The zero-order valence-electron chi connectivity index (χ0n) is 8.50. The highest BCUT2D eigenvalue weighted by Crippen LogP contribution is 2.22. The Kier molecular flexibility index (Phi) is 4.62. The van der Waals surface area contributed by atoms with Crippen LogP contribution in [-0.4, -0.2) is 23.5 Å². The highest BCUT2D eigenvalue weighted by Gasteiger charge is 2.07. The Hall–Kier alpha value is -1.03. The van der Waals surface area contributed by atoms with Gasteiger partial charge in [-0.05, 0) is 31.0 Å². The third-order valence-electron chi connectivity index (χ3n) is 1.99. The Morgan fingerprint density at radius 2 is 2.27 bits per heavy atom. The highest BCUT2D eigenvalue weighted by molar-refractivity contribution is 7.99. The highest BCUT2D eigenvalue weighted by atomic mass is 32.2. The van der Waals surface area contributed by atoms with E-state index in [-0.39, 0.29) is 6.67 Å². The summed E-state index contributed by atoms with van der Waals surface area (Å²) in [5.74, 6) is -0.237. The van der Waals surface area contributed by atoms with Gasteiger partial charge in [0.1, 0.15) is 0 Å². The fourth-order valence-electron chi connectivity index (χ4n) is 1.17. The molecule has 0 bridgehead atoms. The van der Waals surface area contributed by atoms with E-state index in [0.717, 1.165) is 10.5 Å². The second kappa shape index (κ2) is 5.75. The number of aromatic carboxylic acids is 1. The van der Waals surface area contributed by atoms with Crippen LogP contribution in [0.3, 0.4) is 0 Å². The number of carboxylic acid groups (broad SMARTS) is 1. The Bertz CT molecular complexity index is 352. The molecule has 1 aromatic carbocycles. The number of carboxylic acids is 1. The lowest BCUT2D eigenvalue weighted by Gasteiger charge is -2.04. The minimum atomic E-state index is -0.916. The van der Waals surface area contributed by atoms with Crippen molar-refractivity contribution in [2.24, 2.45) is 0 Å². The van der Waals surface area contributed by atoms with E-state index >= 15 is 0 Å². The van der Waals surface area contributed by atoms with Crippen LogP contribution in [0.4, 0.5) is 4.39 Å². The van der Waals surface area contributed by atoms with Crippen molar-refractivity contribution in [2.75, 3.05) is 12.4 Å². The summed E-state index contributed by atoms with van der Waals surface area (Å²) >= 11 is 1.48. The molecule has 0 spiro atoms. The lowest BCUT2D eigenvalue weighted by Crippen LogP contribution is -1.99. The number of rotatable bonds is 5. The van der Waals surface area contributed by atoms with Crippen LogP contribution in [-0.2, 0) is 0 Å². The molecule has 0 saturated heterocycles. The zero-order valence-corrected chi connectivity index (χ0v) is 9.31. The van der Waals surface area contributed by atoms with E-state index in [2.05, 4.69) is 0 Å². The fraction of sp³-hybridized carbons (Fsp3) is 0.364. The van der Waals surface area contributed by atoms with Crippen LogP contribution in [0.1, 0.15) is 22.3 Å². The Balaban J connectivity index is 2.74. The van der Waals surface area contributed by atoms with Gasteiger partial charge in [0, 0.05) is 10.6 Å². The summed E-state index contributed by atoms with van der Waals surface area (Å²) in [6.45, 7) is 1.43. The second-order valence-corrected chi connectivity index (χ2v) is 4.34. The molecular formula is C11H13FO2S. The normalized spacial score (nSPS) is 10.3. The molecule has 82 valence electrons. The molecule has 0 heterocycles. The summed E-state index contributed by atoms with van der Waals surface area (Å²) in [4.78, 5) is 11.7. The SMILES string of the molecule is Cc1ccc(SCCCF)cc1C(=O)O. The summed E-state index contributed by atoms with van der Waals surface area (Å²) in [7, 11) is 0. The lowest BCUT2D eigenvalue weighted by atomic mass is 10.1. The summed E-state index contributed by atoms with van der Waals surface area (Å²) in [6.07, 6.45) is 0.501. The predicted octanol–water partition coefficient (Wildman–Crippen LogP) is 3.14. The van der Waals surface area contributed by atoms with Crippen LogP contribution >= 0.6 is 11.8 Å². The van der Waals surface area contributed by atoms with Crippen LogP contribution in [0.2, 0.25) is 0 Å². The molecule has 1 aromatic rings. The molecule has 15 heavy (non-hydrogen) atoms. The van der Waals surface area contributed by atoms with Gasteiger partial charge in [-0.15, -0.1) is 11.8 Å². The van der Waals surface area contributed by atoms with Gasteiger partial charge in [-0.1, -0.05) is 6.07 Å². The summed E-state index contributed by atoms with van der Waals surface area (Å²) in [5, 5.41) is 8.89. The molecule has 0 aliphatic rings. The molecule has 0 aliphatic heterocycles. The van der Waals surface area contributed by atoms with Gasteiger partial charge in [-0.2, -0.15) is 0 Å². The molecule has 0 saturated carbocycles. The van der Waals surface area contributed by atoms with E-state index in [1.807, 2.05) is 6.07 Å². The molecule has 0 amide bonds. The summed E-state index contributed by atoms with van der Waals surface area (Å²) in [5.41, 5.74) is 1.07. The molecule has 0 aromatic heterocycles. The van der Waals surface area contributed by atoms with Gasteiger partial charge < -0.3 is 5.11 Å². The van der Waals surface area contributed by atoms with E-state index < -0.39 is 5.97 Å². The molecule has 0 atom stereocenters. The maximum atomic E-state index is 11.9. The minimum absolute atomic E-state index is 0.320. The third-order valence-corrected chi connectivity index (χ3v) is 3.07. The third kappa shape index (κ3) is 3.55. The van der Waals surface area contributed by atoms with Crippen molar-refractivity contribution < 1.29 is 14.3 Å². The van der Waals surface area contributed by atoms with Crippen molar-refractivity contribution in [2.45, 2.75) is 18.2 Å². The second-order valence-electron chi connectivity index (χ2n) is 3.17. The average Bonchev–Trinajstić information content (AvgIpc) is 2.20. The van der Waals surface area contributed by atoms with Crippen molar-refractivity contribution >= 4 is 17.7 Å². The summed E-state index contributed by atoms with van der Waals surface area (Å²) in [6, 6.07) is 5.28. The minimum Gasteiger partial charge on any atom is -0.478 e. The average molecular weight is 228 g/mol. The predicted molar refractivity (Wildman–Crippen MR) is 59.5 cm³/mol. The van der Waals surface area contributed by atoms with Crippen LogP contribution in [0.25, 0.3) is 0 Å². The number of carbonyl (C=O) groups is 1. The van der Waals surface area contributed by atoms with E-state index in [4.69, 9.17) is 5.11 Å². The number of hydrogen-bond acceptors (Lipinski definition) is 2. The molecule has 1 N–H and O–H groups in total. The van der Waals surface area contributed by atoms with E-state index in [0.29, 0.717) is 17.7 Å². The van der Waals surface area contributed by atoms with Gasteiger partial charge in [0.05, 0.1) is 12.2 Å². The number of benzene rings is 1. The quantitative estimate of drug-likeness (QED) is 0.621. The standard InChI is InChI=1S/C11H13FO2S/c1-8-3-4-9(15-6-2-5-12)7-10(8)11(13)14/h3-4,7H,2,5-6H2,1H3,(H,13,14). The van der Waals surface area contributed by atoms with Crippen LogP contribution in [0.15, 0.2) is 23.1 Å². The van der Waals surface area contributed by atoms with Gasteiger partial charge >= 0.3 is 5.97 Å². The Morgan fingerprint density at radius 1 is 1.53 bits per heavy atom. The van der Waals surface area contributed by atoms with E-state index in [1.54, 1.807) is 19.1 Å². The van der Waals surface area contributed by atoms with Gasteiger partial charge in [-0.25, -0.2) is 4.79 Å². The summed E-state index contributed by atoms with van der Waals surface area (Å²) < 4.78 is 11.9. The van der Waals surface area contributed by atoms with Gasteiger partial charge in [-0.3, -0.25) is 4.39 Å². The first-order chi connectivity index (χ1) is 7.15. The number of hydrogen-bond donors (Lipinski definition) is 1. The van der Waals surface area contributed by atoms with Crippen molar-refractivity contribution in [1.29, 1.82) is 0 Å². The van der Waals surface area contributed by atoms with Crippen LogP contribution in [0, 0.1) is 6.92 Å². The number of thioether (sulfide) groups is 1. The first kappa shape index (κ1) is 12.0. The fourth-order valence-corrected chi connectivity index (χ4v) is 2.02. The van der Waals surface area contributed by atoms with Crippen molar-refractivity contribution in [1.82, 2.24) is 0 Å². The number of halogens is 1. The van der Waals surface area contributed by atoms with Crippen LogP contribution < -0.4 is 0 Å².